The largest absolute Gasteiger partial charge is 0.513 e. The first kappa shape index (κ1) is 24.7. The van der Waals surface area contributed by atoms with E-state index in [9.17, 15) is 19.2 Å². The fourth-order valence-electron chi connectivity index (χ4n) is 2.17. The zero-order valence-electron chi connectivity index (χ0n) is 17.3. The van der Waals surface area contributed by atoms with Gasteiger partial charge in [0.15, 0.2) is 11.5 Å². The molecule has 1 aromatic carbocycles. The molecule has 3 atom stereocenters. The molecule has 1 aromatic rings. The lowest BCUT2D eigenvalue weighted by atomic mass is 10.1. The van der Waals surface area contributed by atoms with Gasteiger partial charge in [-0.2, -0.15) is 0 Å². The third-order valence-corrected chi connectivity index (χ3v) is 3.80. The second-order valence-corrected chi connectivity index (χ2v) is 6.16. The Kier molecular flexibility index (Phi) is 9.56. The molecule has 11 nitrogen and oxygen atoms in total. The molecule has 30 heavy (non-hydrogen) atoms. The summed E-state index contributed by atoms with van der Waals surface area (Å²) in [4.78, 5) is 46.0. The highest BCUT2D eigenvalue weighted by Crippen LogP contribution is 2.29. The van der Waals surface area contributed by atoms with Crippen LogP contribution in [-0.2, 0) is 35.0 Å². The number of carbonyl (C=O) groups is 4. The molecule has 0 saturated carbocycles. The highest BCUT2D eigenvalue weighted by molar-refractivity contribution is 5.76. The van der Waals surface area contributed by atoms with Gasteiger partial charge in [0.25, 0.3) is 0 Å². The number of hydrogen-bond acceptors (Lipinski definition) is 11. The Morgan fingerprint density at radius 3 is 1.97 bits per heavy atom. The first-order chi connectivity index (χ1) is 14.1. The van der Waals surface area contributed by atoms with Gasteiger partial charge in [0.05, 0.1) is 14.2 Å². The van der Waals surface area contributed by atoms with E-state index in [-0.39, 0.29) is 17.9 Å². The fraction of sp³-hybridized carbons (Fsp3) is 0.474. The van der Waals surface area contributed by atoms with Crippen molar-refractivity contribution in [2.75, 3.05) is 14.2 Å². The minimum absolute atomic E-state index is 0.0174. The van der Waals surface area contributed by atoms with Crippen molar-refractivity contribution < 1.29 is 47.6 Å². The number of carbonyl (C=O) groups excluding carboxylic acids is 4. The highest BCUT2D eigenvalue weighted by atomic mass is 16.7. The smallest absolute Gasteiger partial charge is 0.459 e. The summed E-state index contributed by atoms with van der Waals surface area (Å²) in [7, 11) is 2.22. The van der Waals surface area contributed by atoms with Crippen molar-refractivity contribution in [2.24, 2.45) is 5.73 Å². The molecule has 2 N–H and O–H groups in total. The molecule has 0 saturated heterocycles. The van der Waals surface area contributed by atoms with Gasteiger partial charge in [-0.15, -0.1) is 0 Å². The lowest BCUT2D eigenvalue weighted by Gasteiger charge is -2.22. The summed E-state index contributed by atoms with van der Waals surface area (Å²) in [6, 6.07) is 3.15. The van der Waals surface area contributed by atoms with Crippen molar-refractivity contribution in [1.29, 1.82) is 0 Å². The van der Waals surface area contributed by atoms with Gasteiger partial charge in [0.1, 0.15) is 18.2 Å². The van der Waals surface area contributed by atoms with Crippen LogP contribution in [0.25, 0.3) is 0 Å². The Balaban J connectivity index is 2.88. The van der Waals surface area contributed by atoms with Gasteiger partial charge < -0.3 is 34.2 Å². The summed E-state index contributed by atoms with van der Waals surface area (Å²) in [6.45, 7) is 4.40. The quantitative estimate of drug-likeness (QED) is 0.367. The van der Waals surface area contributed by atoms with Crippen LogP contribution in [0.3, 0.4) is 0 Å². The van der Waals surface area contributed by atoms with Gasteiger partial charge in [-0.3, -0.25) is 9.59 Å². The summed E-state index contributed by atoms with van der Waals surface area (Å²) < 4.78 is 28.9. The van der Waals surface area contributed by atoms with E-state index in [1.165, 1.54) is 25.1 Å². The van der Waals surface area contributed by atoms with Crippen molar-refractivity contribution in [3.05, 3.63) is 23.8 Å². The first-order valence-electron chi connectivity index (χ1n) is 8.85. The van der Waals surface area contributed by atoms with E-state index in [0.29, 0.717) is 5.56 Å². The van der Waals surface area contributed by atoms with Crippen LogP contribution in [-0.4, -0.2) is 56.7 Å². The number of nitrogens with two attached hydrogens (primary N) is 1. The molecule has 0 bridgehead atoms. The maximum atomic E-state index is 12.2. The molecule has 0 aliphatic heterocycles. The van der Waals surface area contributed by atoms with Crippen molar-refractivity contribution in [1.82, 2.24) is 0 Å². The van der Waals surface area contributed by atoms with E-state index in [4.69, 9.17) is 24.7 Å². The summed E-state index contributed by atoms with van der Waals surface area (Å²) >= 11 is 0. The van der Waals surface area contributed by atoms with Crippen molar-refractivity contribution in [3.8, 4) is 11.5 Å². The molecule has 11 heteroatoms. The third-order valence-electron chi connectivity index (χ3n) is 3.80. The average molecular weight is 427 g/mol. The molecular formula is C19H25NO10. The maximum Gasteiger partial charge on any atom is 0.513 e. The minimum Gasteiger partial charge on any atom is -0.459 e. The van der Waals surface area contributed by atoms with Gasteiger partial charge in [0.2, 0.25) is 0 Å². The predicted octanol–water partition coefficient (Wildman–Crippen LogP) is 1.73. The normalized spacial score (nSPS) is 13.3. The average Bonchev–Trinajstić information content (AvgIpc) is 2.68. The maximum absolute atomic E-state index is 12.2. The van der Waals surface area contributed by atoms with Crippen LogP contribution in [0.15, 0.2) is 18.2 Å². The van der Waals surface area contributed by atoms with Crippen LogP contribution in [0.1, 0.15) is 26.3 Å². The van der Waals surface area contributed by atoms with Gasteiger partial charge >= 0.3 is 24.2 Å². The number of ether oxygens (including phenoxy) is 6. The lowest BCUT2D eigenvalue weighted by Crippen LogP contribution is -2.39. The molecule has 0 heterocycles. The van der Waals surface area contributed by atoms with Crippen molar-refractivity contribution in [2.45, 2.75) is 45.4 Å². The van der Waals surface area contributed by atoms with E-state index in [1.807, 2.05) is 0 Å². The standard InChI is InChI=1S/C19H25NO10/c1-10(27-12(3)21)11(2)28-17(22)14(20)8-13-6-7-15(29-18(23)25-4)16(9-13)30-19(24)26-5/h6-7,9-11,14H,8,20H2,1-5H3/t10-,11-,14-/m0/s1. The molecule has 0 fully saturated rings. The van der Waals surface area contributed by atoms with E-state index >= 15 is 0 Å². The Bertz CT molecular complexity index is 779. The molecular weight excluding hydrogens is 402 g/mol. The van der Waals surface area contributed by atoms with E-state index in [0.717, 1.165) is 14.2 Å². The van der Waals surface area contributed by atoms with Crippen molar-refractivity contribution in [3.63, 3.8) is 0 Å². The number of esters is 2. The van der Waals surface area contributed by atoms with Gasteiger partial charge in [-0.05, 0) is 38.0 Å². The second kappa shape index (κ2) is 11.6. The summed E-state index contributed by atoms with van der Waals surface area (Å²) in [6.07, 6.45) is -3.40. The van der Waals surface area contributed by atoms with Gasteiger partial charge in [0, 0.05) is 6.92 Å². The third kappa shape index (κ3) is 7.95. The van der Waals surface area contributed by atoms with E-state index < -0.39 is 42.5 Å². The Morgan fingerprint density at radius 2 is 1.43 bits per heavy atom. The summed E-state index contributed by atoms with van der Waals surface area (Å²) in [5, 5.41) is 0. The molecule has 1 rings (SSSR count). The SMILES string of the molecule is COC(=O)Oc1ccc(C[C@H](N)C(=O)O[C@@H](C)[C@H](C)OC(C)=O)cc1OC(=O)OC. The number of methoxy groups -OCH3 is 2. The monoisotopic (exact) mass is 427 g/mol. The predicted molar refractivity (Wildman–Crippen MR) is 101 cm³/mol. The molecule has 0 aromatic heterocycles. The molecule has 0 unspecified atom stereocenters. The highest BCUT2D eigenvalue weighted by Gasteiger charge is 2.24. The van der Waals surface area contributed by atoms with Gasteiger partial charge in [-0.1, -0.05) is 6.07 Å². The summed E-state index contributed by atoms with van der Waals surface area (Å²) in [5.41, 5.74) is 6.38. The topological polar surface area (TPSA) is 150 Å². The number of hydrogen-bond donors (Lipinski definition) is 1. The molecule has 0 radical (unpaired) electrons. The number of benzene rings is 1. The molecule has 0 amide bonds. The fourth-order valence-corrected chi connectivity index (χ4v) is 2.17. The molecule has 0 aliphatic carbocycles. The van der Waals surface area contributed by atoms with Crippen LogP contribution >= 0.6 is 0 Å². The first-order valence-corrected chi connectivity index (χ1v) is 8.85. The Labute approximate surface area is 173 Å². The van der Waals surface area contributed by atoms with Crippen LogP contribution in [0.2, 0.25) is 0 Å². The zero-order chi connectivity index (χ0) is 22.8. The van der Waals surface area contributed by atoms with Crippen molar-refractivity contribution >= 4 is 24.2 Å². The second-order valence-electron chi connectivity index (χ2n) is 6.16. The molecule has 0 aliphatic rings. The zero-order valence-corrected chi connectivity index (χ0v) is 17.3. The Morgan fingerprint density at radius 1 is 0.900 bits per heavy atom. The van der Waals surface area contributed by atoms with Crippen LogP contribution in [0, 0.1) is 0 Å². The van der Waals surface area contributed by atoms with Crippen LogP contribution in [0.5, 0.6) is 11.5 Å². The molecule has 166 valence electrons. The molecule has 0 spiro atoms. The van der Waals surface area contributed by atoms with E-state index in [2.05, 4.69) is 9.47 Å². The Hall–Kier alpha value is -3.34. The van der Waals surface area contributed by atoms with Crippen LogP contribution < -0.4 is 15.2 Å². The number of rotatable bonds is 8. The van der Waals surface area contributed by atoms with E-state index in [1.54, 1.807) is 13.8 Å². The van der Waals surface area contributed by atoms with Gasteiger partial charge in [-0.25, -0.2) is 9.59 Å². The van der Waals surface area contributed by atoms with Crippen LogP contribution in [0.4, 0.5) is 9.59 Å². The lowest BCUT2D eigenvalue weighted by molar-refractivity contribution is -0.164. The minimum atomic E-state index is -1.06. The summed E-state index contributed by atoms with van der Waals surface area (Å²) in [5.74, 6) is -1.45.